The fraction of sp³-hybridized carbons (Fsp3) is 0.444. The summed E-state index contributed by atoms with van der Waals surface area (Å²) in [5.74, 6) is 0. The van der Waals surface area contributed by atoms with Crippen LogP contribution in [-0.4, -0.2) is 18.7 Å². The Labute approximate surface area is 93.8 Å². The van der Waals surface area contributed by atoms with Crippen LogP contribution in [0.15, 0.2) is 15.9 Å². The van der Waals surface area contributed by atoms with Crippen molar-refractivity contribution in [3.05, 3.63) is 27.2 Å². The molecule has 0 atom stereocenters. The average molecular weight is 214 g/mol. The molecule has 0 aliphatic rings. The van der Waals surface area contributed by atoms with Crippen molar-refractivity contribution in [3.63, 3.8) is 0 Å². The third-order valence-corrected chi connectivity index (χ3v) is 2.15. The van der Waals surface area contributed by atoms with E-state index in [1.54, 1.807) is 0 Å². The maximum Gasteiger partial charge on any atom is 0.332 e. The predicted molar refractivity (Wildman–Crippen MR) is 55.9 cm³/mol. The molecule has 0 saturated carbocycles. The van der Waals surface area contributed by atoms with Crippen LogP contribution in [0, 0.1) is 0 Å². The number of hydrogen-bond donors (Lipinski definition) is 0. The molecule has 6 heteroatoms. The molecule has 2 rings (SSSR count). The van der Waals surface area contributed by atoms with Gasteiger partial charge >= 0.3 is 5.69 Å². The summed E-state index contributed by atoms with van der Waals surface area (Å²) < 4.78 is 45.9. The summed E-state index contributed by atoms with van der Waals surface area (Å²) in [6.07, 6.45) is 0.834. The van der Waals surface area contributed by atoms with E-state index in [1.807, 2.05) is 0 Å². The number of aromatic nitrogens is 4. The van der Waals surface area contributed by atoms with E-state index in [-0.39, 0.29) is 6.54 Å². The summed E-state index contributed by atoms with van der Waals surface area (Å²) in [6, 6.07) is 0. The second-order valence-electron chi connectivity index (χ2n) is 2.95. The van der Waals surface area contributed by atoms with Gasteiger partial charge in [0.1, 0.15) is 0 Å². The van der Waals surface area contributed by atoms with Gasteiger partial charge in [0, 0.05) is 28.7 Å². The van der Waals surface area contributed by atoms with Crippen molar-refractivity contribution >= 4 is 11.2 Å². The first-order valence-corrected chi connectivity index (χ1v) is 4.24. The van der Waals surface area contributed by atoms with Crippen molar-refractivity contribution in [3.8, 4) is 0 Å². The molecule has 0 amide bonds. The third-order valence-electron chi connectivity index (χ3n) is 2.15. The Bertz CT molecular complexity index is 809. The van der Waals surface area contributed by atoms with Gasteiger partial charge in [0.05, 0.1) is 6.33 Å². The normalized spacial score (nSPS) is 18.7. The van der Waals surface area contributed by atoms with E-state index < -0.39 is 36.4 Å². The lowest BCUT2D eigenvalue weighted by atomic mass is 10.5. The summed E-state index contributed by atoms with van der Waals surface area (Å²) in [4.78, 5) is 28.0. The van der Waals surface area contributed by atoms with E-state index in [9.17, 15) is 9.59 Å². The third kappa shape index (κ3) is 1.14. The maximum absolute atomic E-state index is 12.2. The standard InChI is InChI=1S/C9H12N4O2/c1-4-13-8(14)6-7(10-5-11(6)2)12(3)9(13)15/h5H,4H2,1-3H3/i2D3,3D3. The Hall–Kier alpha value is -1.85. The highest BCUT2D eigenvalue weighted by Gasteiger charge is 2.12. The van der Waals surface area contributed by atoms with Crippen LogP contribution >= 0.6 is 0 Å². The molecule has 15 heavy (non-hydrogen) atoms. The first kappa shape index (κ1) is 4.78. The molecule has 0 radical (unpaired) electrons. The van der Waals surface area contributed by atoms with Crippen molar-refractivity contribution in [1.82, 2.24) is 18.7 Å². The fourth-order valence-electron chi connectivity index (χ4n) is 1.41. The summed E-state index contributed by atoms with van der Waals surface area (Å²) >= 11 is 0. The lowest BCUT2D eigenvalue weighted by Gasteiger charge is -2.05. The minimum atomic E-state index is -2.88. The van der Waals surface area contributed by atoms with Gasteiger partial charge in [0.25, 0.3) is 5.56 Å². The van der Waals surface area contributed by atoms with Gasteiger partial charge in [0.15, 0.2) is 11.2 Å². The zero-order valence-corrected chi connectivity index (χ0v) is 7.89. The maximum atomic E-state index is 12.2. The average Bonchev–Trinajstić information content (AvgIpc) is 2.71. The summed E-state index contributed by atoms with van der Waals surface area (Å²) in [7, 11) is 0. The van der Waals surface area contributed by atoms with Crippen LogP contribution in [0.5, 0.6) is 0 Å². The van der Waals surface area contributed by atoms with Crippen molar-refractivity contribution in [2.75, 3.05) is 0 Å². The Morgan fingerprint density at radius 1 is 1.47 bits per heavy atom. The molecule has 0 bridgehead atoms. The van der Waals surface area contributed by atoms with Crippen LogP contribution in [0.25, 0.3) is 11.2 Å². The van der Waals surface area contributed by atoms with E-state index in [0.29, 0.717) is 13.7 Å². The monoisotopic (exact) mass is 214 g/mol. The second kappa shape index (κ2) is 3.08. The predicted octanol–water partition coefficient (Wildman–Crippen LogP) is -0.546. The van der Waals surface area contributed by atoms with Gasteiger partial charge in [0.2, 0.25) is 0 Å². The quantitative estimate of drug-likeness (QED) is 0.640. The molecule has 2 aromatic heterocycles. The summed E-state index contributed by atoms with van der Waals surface area (Å²) in [6.45, 7) is -4.20. The van der Waals surface area contributed by atoms with Crippen molar-refractivity contribution < 1.29 is 8.22 Å². The van der Waals surface area contributed by atoms with Gasteiger partial charge in [-0.3, -0.25) is 13.9 Å². The number of fused-ring (bicyclic) bond motifs is 1. The smallest absolute Gasteiger partial charge is 0.328 e. The zero-order chi connectivity index (χ0) is 16.2. The highest BCUT2D eigenvalue weighted by Crippen LogP contribution is 2.02. The molecule has 0 saturated heterocycles. The Morgan fingerprint density at radius 2 is 2.27 bits per heavy atom. The van der Waals surface area contributed by atoms with E-state index in [1.165, 1.54) is 6.92 Å². The molecule has 80 valence electrons. The second-order valence-corrected chi connectivity index (χ2v) is 2.95. The number of aryl methyl sites for hydroxylation is 2. The highest BCUT2D eigenvalue weighted by atomic mass is 16.2. The van der Waals surface area contributed by atoms with Crippen LogP contribution in [0.4, 0.5) is 0 Å². The van der Waals surface area contributed by atoms with Crippen LogP contribution in [-0.2, 0) is 20.5 Å². The van der Waals surface area contributed by atoms with Gasteiger partial charge < -0.3 is 4.57 Å². The first-order chi connectivity index (χ1) is 9.50. The Kier molecular flexibility index (Phi) is 0.981. The minimum Gasteiger partial charge on any atom is -0.328 e. The summed E-state index contributed by atoms with van der Waals surface area (Å²) in [5.41, 5.74) is -2.84. The largest absolute Gasteiger partial charge is 0.332 e. The Balaban J connectivity index is 3.11. The molecule has 2 aromatic rings. The van der Waals surface area contributed by atoms with Gasteiger partial charge in [-0.05, 0) is 6.92 Å². The molecule has 0 spiro atoms. The van der Waals surface area contributed by atoms with Gasteiger partial charge in [-0.25, -0.2) is 9.78 Å². The van der Waals surface area contributed by atoms with Crippen LogP contribution < -0.4 is 11.2 Å². The van der Waals surface area contributed by atoms with Crippen LogP contribution in [0.2, 0.25) is 0 Å². The van der Waals surface area contributed by atoms with Crippen molar-refractivity contribution in [2.45, 2.75) is 13.5 Å². The number of imidazole rings is 1. The van der Waals surface area contributed by atoms with E-state index in [2.05, 4.69) is 4.98 Å². The molecule has 0 fully saturated rings. The molecule has 0 aliphatic carbocycles. The molecule has 6 nitrogen and oxygen atoms in total. The van der Waals surface area contributed by atoms with E-state index in [4.69, 9.17) is 8.22 Å². The van der Waals surface area contributed by atoms with Crippen molar-refractivity contribution in [2.24, 2.45) is 14.0 Å². The minimum absolute atomic E-state index is 0.0874. The topological polar surface area (TPSA) is 61.8 Å². The van der Waals surface area contributed by atoms with E-state index in [0.717, 1.165) is 6.33 Å². The molecule has 0 N–H and O–H groups in total. The molecule has 0 unspecified atom stereocenters. The van der Waals surface area contributed by atoms with Crippen LogP contribution in [0.3, 0.4) is 0 Å². The molecular formula is C9H12N4O2. The van der Waals surface area contributed by atoms with Crippen LogP contribution in [0.1, 0.15) is 15.1 Å². The summed E-state index contributed by atoms with van der Waals surface area (Å²) in [5, 5.41) is 0. The SMILES string of the molecule is [2H]C([2H])([2H])n1cnc2c1c(=O)n(CC)c(=O)n2C([2H])([2H])[2H]. The van der Waals surface area contributed by atoms with Gasteiger partial charge in [-0.15, -0.1) is 0 Å². The number of rotatable bonds is 1. The number of nitrogens with zero attached hydrogens (tertiary/aromatic N) is 4. The van der Waals surface area contributed by atoms with Gasteiger partial charge in [-0.1, -0.05) is 0 Å². The molecular weight excluding hydrogens is 196 g/mol. The van der Waals surface area contributed by atoms with Crippen molar-refractivity contribution in [1.29, 1.82) is 0 Å². The molecule has 0 aliphatic heterocycles. The zero-order valence-electron chi connectivity index (χ0n) is 13.9. The van der Waals surface area contributed by atoms with Gasteiger partial charge in [-0.2, -0.15) is 0 Å². The lowest BCUT2D eigenvalue weighted by Crippen LogP contribution is -2.39. The molecule has 0 aromatic carbocycles. The number of hydrogen-bond acceptors (Lipinski definition) is 3. The lowest BCUT2D eigenvalue weighted by molar-refractivity contribution is 0.635. The first-order valence-electron chi connectivity index (χ1n) is 7.24. The fourth-order valence-corrected chi connectivity index (χ4v) is 1.41. The molecule has 2 heterocycles. The Morgan fingerprint density at radius 3 is 2.87 bits per heavy atom. The highest BCUT2D eigenvalue weighted by molar-refractivity contribution is 5.69. The van der Waals surface area contributed by atoms with E-state index >= 15 is 0 Å².